The van der Waals surface area contributed by atoms with E-state index in [1.807, 2.05) is 21.1 Å². The minimum atomic E-state index is -4.32. The molecule has 0 bridgehead atoms. The molecule has 1 amide bonds. The molecule has 3 unspecified atom stereocenters. The maximum Gasteiger partial charge on any atom is 0.472 e. The van der Waals surface area contributed by atoms with Gasteiger partial charge in [-0.25, -0.2) is 4.57 Å². The first-order chi connectivity index (χ1) is 36.5. The molecule has 3 N–H and O–H groups in total. The molecule has 0 fully saturated rings. The zero-order valence-electron chi connectivity index (χ0n) is 50.0. The Labute approximate surface area is 465 Å². The highest BCUT2D eigenvalue weighted by molar-refractivity contribution is 7.47. The van der Waals surface area contributed by atoms with Gasteiger partial charge in [0, 0.05) is 6.42 Å². The third-order valence-corrected chi connectivity index (χ3v) is 15.2. The molecule has 0 aromatic heterocycles. The normalized spacial score (nSPS) is 14.3. The Kier molecular flexibility index (Phi) is 55.1. The van der Waals surface area contributed by atoms with Crippen molar-refractivity contribution in [1.29, 1.82) is 0 Å². The Morgan fingerprint density at radius 1 is 0.467 bits per heavy atom. The zero-order valence-corrected chi connectivity index (χ0v) is 50.9. The number of aliphatic hydroxyl groups excluding tert-OH is 1. The van der Waals surface area contributed by atoms with E-state index >= 15 is 0 Å². The summed E-state index contributed by atoms with van der Waals surface area (Å²) in [5, 5.41) is 14.1. The Hall–Kier alpha value is -2.06. The lowest BCUT2D eigenvalue weighted by atomic mass is 10.0. The predicted octanol–water partition coefficient (Wildman–Crippen LogP) is 19.8. The summed E-state index contributed by atoms with van der Waals surface area (Å²) in [6.07, 6.45) is 78.4. The van der Waals surface area contributed by atoms with Crippen molar-refractivity contribution in [3.63, 3.8) is 0 Å². The average Bonchev–Trinajstić information content (AvgIpc) is 3.37. The molecule has 438 valence electrons. The number of phosphoric acid groups is 1. The van der Waals surface area contributed by atoms with Gasteiger partial charge in [0.2, 0.25) is 5.91 Å². The van der Waals surface area contributed by atoms with E-state index in [0.29, 0.717) is 23.9 Å². The van der Waals surface area contributed by atoms with Gasteiger partial charge in [-0.2, -0.15) is 0 Å². The summed E-state index contributed by atoms with van der Waals surface area (Å²) in [5.74, 6) is -0.142. The third kappa shape index (κ3) is 59.4. The number of allylic oxidation sites excluding steroid dienone is 12. The van der Waals surface area contributed by atoms with Crippen LogP contribution in [0.2, 0.25) is 0 Å². The number of amides is 1. The van der Waals surface area contributed by atoms with Crippen LogP contribution in [0.5, 0.6) is 0 Å². The number of aliphatic hydroxyl groups is 1. The number of nitrogens with one attached hydrogen (secondary N) is 1. The van der Waals surface area contributed by atoms with Crippen molar-refractivity contribution in [1.82, 2.24) is 5.32 Å². The number of hydrogen-bond donors (Lipinski definition) is 3. The molecule has 0 aromatic rings. The molecule has 0 saturated heterocycles. The van der Waals surface area contributed by atoms with Crippen molar-refractivity contribution in [3.05, 3.63) is 72.9 Å². The van der Waals surface area contributed by atoms with Crippen LogP contribution < -0.4 is 5.32 Å². The van der Waals surface area contributed by atoms with Crippen molar-refractivity contribution in [2.24, 2.45) is 0 Å². The van der Waals surface area contributed by atoms with Crippen molar-refractivity contribution < 1.29 is 32.9 Å². The molecule has 8 nitrogen and oxygen atoms in total. The number of rotatable bonds is 58. The first kappa shape index (κ1) is 72.9. The smallest absolute Gasteiger partial charge is 0.391 e. The zero-order chi connectivity index (χ0) is 54.9. The first-order valence-electron chi connectivity index (χ1n) is 31.8. The van der Waals surface area contributed by atoms with E-state index in [1.54, 1.807) is 0 Å². The van der Waals surface area contributed by atoms with Gasteiger partial charge in [-0.3, -0.25) is 13.8 Å². The standard InChI is InChI=1S/C66H123N2O6P/c1-6-8-10-12-14-16-18-20-22-24-25-26-27-28-29-30-31-32-33-34-35-36-37-38-39-40-41-42-43-44-46-48-50-52-54-56-58-60-66(70)67-64(63-74-75(71,72)73-62-61-68(3,4)5)65(69)59-57-55-53-51-49-47-45-23-21-19-17-15-13-11-9-7-2/h8,10,14,16,20,22,25-26,28-29,31-32,64-65,69H,6-7,9,11-13,15,17-19,21,23-24,27,30,33-63H2,1-5H3,(H-,67,70,71,72)/p+1/b10-8-,16-14-,22-20-,26-25-,29-28-,32-31-. The van der Waals surface area contributed by atoms with E-state index in [-0.39, 0.29) is 19.1 Å². The fourth-order valence-electron chi connectivity index (χ4n) is 9.29. The summed E-state index contributed by atoms with van der Waals surface area (Å²) in [6, 6.07) is -0.762. The molecule has 0 aliphatic rings. The van der Waals surface area contributed by atoms with Crippen LogP contribution >= 0.6 is 7.82 Å². The highest BCUT2D eigenvalue weighted by Gasteiger charge is 2.28. The van der Waals surface area contributed by atoms with Gasteiger partial charge >= 0.3 is 7.82 Å². The Bertz CT molecular complexity index is 1450. The first-order valence-corrected chi connectivity index (χ1v) is 33.3. The van der Waals surface area contributed by atoms with Crippen LogP contribution in [0.25, 0.3) is 0 Å². The largest absolute Gasteiger partial charge is 0.472 e. The average molecular weight is 1070 g/mol. The molecule has 0 saturated carbocycles. The quantitative estimate of drug-likeness (QED) is 0.0243. The van der Waals surface area contributed by atoms with E-state index in [9.17, 15) is 19.4 Å². The SMILES string of the molecule is CC/C=C\C/C=C\C/C=C\C/C=C\C/C=C\C/C=C\CCCCCCCCCCCCCCCCCCCCC(=O)NC(COP(=O)(O)OCC[N+](C)(C)C)C(O)CCCCCCCCCCCCCCCCCC. The summed E-state index contributed by atoms with van der Waals surface area (Å²) in [4.78, 5) is 23.4. The number of phosphoric ester groups is 1. The highest BCUT2D eigenvalue weighted by Crippen LogP contribution is 2.43. The van der Waals surface area contributed by atoms with Gasteiger partial charge in [-0.1, -0.05) is 292 Å². The number of carbonyl (C=O) groups is 1. The van der Waals surface area contributed by atoms with Crippen molar-refractivity contribution >= 4 is 13.7 Å². The minimum absolute atomic E-state index is 0.0745. The second-order valence-corrected chi connectivity index (χ2v) is 24.2. The molecule has 3 atom stereocenters. The molecule has 0 radical (unpaired) electrons. The Morgan fingerprint density at radius 3 is 1.17 bits per heavy atom. The topological polar surface area (TPSA) is 105 Å². The van der Waals surface area contributed by atoms with Crippen LogP contribution in [0.15, 0.2) is 72.9 Å². The van der Waals surface area contributed by atoms with Crippen molar-refractivity contribution in [2.45, 2.75) is 302 Å². The van der Waals surface area contributed by atoms with E-state index in [0.717, 1.165) is 77.0 Å². The number of nitrogens with zero attached hydrogens (tertiary/aromatic N) is 1. The number of likely N-dealkylation sites (N-methyl/N-ethyl adjacent to an activating group) is 1. The molecule has 75 heavy (non-hydrogen) atoms. The minimum Gasteiger partial charge on any atom is -0.391 e. The second kappa shape index (κ2) is 56.7. The maximum absolute atomic E-state index is 13.0. The second-order valence-electron chi connectivity index (χ2n) is 22.8. The summed E-state index contributed by atoms with van der Waals surface area (Å²) < 4.78 is 23.8. The van der Waals surface area contributed by atoms with Gasteiger partial charge in [0.05, 0.1) is 39.9 Å². The van der Waals surface area contributed by atoms with Crippen LogP contribution in [-0.2, 0) is 18.4 Å². The monoisotopic (exact) mass is 1070 g/mol. The number of quaternary nitrogens is 1. The van der Waals surface area contributed by atoms with Crippen LogP contribution in [-0.4, -0.2) is 73.4 Å². The van der Waals surface area contributed by atoms with E-state index in [2.05, 4.69) is 92.1 Å². The van der Waals surface area contributed by atoms with E-state index < -0.39 is 20.0 Å². The molecule has 0 spiro atoms. The third-order valence-electron chi connectivity index (χ3n) is 14.2. The van der Waals surface area contributed by atoms with Gasteiger partial charge in [-0.05, 0) is 64.2 Å². The highest BCUT2D eigenvalue weighted by atomic mass is 31.2. The van der Waals surface area contributed by atoms with Crippen LogP contribution in [0.1, 0.15) is 290 Å². The lowest BCUT2D eigenvalue weighted by molar-refractivity contribution is -0.870. The molecule has 9 heteroatoms. The van der Waals surface area contributed by atoms with Crippen molar-refractivity contribution in [3.8, 4) is 0 Å². The van der Waals surface area contributed by atoms with Gasteiger partial charge in [0.1, 0.15) is 13.2 Å². The summed E-state index contributed by atoms with van der Waals surface area (Å²) in [6.45, 7) is 4.80. The van der Waals surface area contributed by atoms with Gasteiger partial charge in [0.15, 0.2) is 0 Å². The predicted molar refractivity (Wildman–Crippen MR) is 327 cm³/mol. The maximum atomic E-state index is 13.0. The lowest BCUT2D eigenvalue weighted by Crippen LogP contribution is -2.46. The molecular weight excluding hydrogens is 948 g/mol. The van der Waals surface area contributed by atoms with Crippen LogP contribution in [0.4, 0.5) is 0 Å². The molecule has 0 aromatic carbocycles. The molecule has 0 rings (SSSR count). The summed E-state index contributed by atoms with van der Waals surface area (Å²) in [5.41, 5.74) is 0. The fourth-order valence-corrected chi connectivity index (χ4v) is 10.0. The summed E-state index contributed by atoms with van der Waals surface area (Å²) >= 11 is 0. The Balaban J connectivity index is 3.98. The number of hydrogen-bond acceptors (Lipinski definition) is 5. The van der Waals surface area contributed by atoms with Gasteiger partial charge in [0.25, 0.3) is 0 Å². The molecule has 0 heterocycles. The van der Waals surface area contributed by atoms with Crippen LogP contribution in [0.3, 0.4) is 0 Å². The molecule has 0 aliphatic heterocycles. The summed E-state index contributed by atoms with van der Waals surface area (Å²) in [7, 11) is 1.62. The van der Waals surface area contributed by atoms with Gasteiger partial charge in [-0.15, -0.1) is 0 Å². The van der Waals surface area contributed by atoms with Crippen LogP contribution in [0, 0.1) is 0 Å². The lowest BCUT2D eigenvalue weighted by Gasteiger charge is -2.26. The fraction of sp³-hybridized carbons (Fsp3) is 0.803. The number of unbranched alkanes of at least 4 members (excludes halogenated alkanes) is 33. The van der Waals surface area contributed by atoms with Gasteiger partial charge < -0.3 is 19.8 Å². The number of carbonyl (C=O) groups excluding carboxylic acids is 1. The van der Waals surface area contributed by atoms with E-state index in [1.165, 1.54) is 186 Å². The Morgan fingerprint density at radius 2 is 0.800 bits per heavy atom. The molecule has 0 aliphatic carbocycles. The molecular formula is C66H124N2O6P+. The van der Waals surface area contributed by atoms with Crippen molar-refractivity contribution in [2.75, 3.05) is 40.9 Å². The van der Waals surface area contributed by atoms with E-state index in [4.69, 9.17) is 9.05 Å².